The van der Waals surface area contributed by atoms with Crippen LogP contribution in [0.3, 0.4) is 0 Å². The first-order valence-corrected chi connectivity index (χ1v) is 7.40. The number of aliphatic hydroxyl groups is 1. The minimum absolute atomic E-state index is 0.0758. The molecule has 2 aromatic heterocycles. The third-order valence-corrected chi connectivity index (χ3v) is 4.18. The molecule has 1 unspecified atom stereocenters. The number of aromatic nitrogens is 3. The number of alkyl halides is 3. The van der Waals surface area contributed by atoms with Gasteiger partial charge in [0.05, 0.1) is 5.56 Å². The van der Waals surface area contributed by atoms with E-state index in [9.17, 15) is 18.3 Å². The molecule has 0 aliphatic carbocycles. The Balaban J connectivity index is 1.60. The normalized spacial score (nSPS) is 18.2. The van der Waals surface area contributed by atoms with Gasteiger partial charge in [0.2, 0.25) is 0 Å². The largest absolute Gasteiger partial charge is 0.417 e. The van der Waals surface area contributed by atoms with E-state index in [4.69, 9.17) is 0 Å². The third kappa shape index (κ3) is 3.47. The second-order valence-corrected chi connectivity index (χ2v) is 5.65. The van der Waals surface area contributed by atoms with Crippen LogP contribution in [0.4, 0.5) is 19.0 Å². The number of halogens is 3. The quantitative estimate of drug-likeness (QED) is 0.910. The van der Waals surface area contributed by atoms with Crippen molar-refractivity contribution in [3.63, 3.8) is 0 Å². The molecule has 2 N–H and O–H groups in total. The molecule has 1 saturated heterocycles. The van der Waals surface area contributed by atoms with Crippen molar-refractivity contribution < 1.29 is 18.3 Å². The van der Waals surface area contributed by atoms with Gasteiger partial charge in [0.1, 0.15) is 17.7 Å². The van der Waals surface area contributed by atoms with Crippen LogP contribution in [-0.4, -0.2) is 33.1 Å². The molecule has 0 spiro atoms. The Morgan fingerprint density at radius 2 is 1.96 bits per heavy atom. The Labute approximate surface area is 131 Å². The van der Waals surface area contributed by atoms with Crippen molar-refractivity contribution in [1.29, 1.82) is 0 Å². The maximum atomic E-state index is 12.5. The van der Waals surface area contributed by atoms with Crippen molar-refractivity contribution >= 4 is 5.82 Å². The predicted octanol–water partition coefficient (Wildman–Crippen LogP) is 2.77. The van der Waals surface area contributed by atoms with E-state index >= 15 is 0 Å². The van der Waals surface area contributed by atoms with E-state index in [2.05, 4.69) is 15.0 Å². The highest BCUT2D eigenvalue weighted by atomic mass is 19.4. The van der Waals surface area contributed by atoms with Gasteiger partial charge >= 0.3 is 6.18 Å². The standard InChI is InChI=1S/C15H17F3N4O/c16-15(17,18)11-1-2-12(21-9-11)22-7-3-10(4-8-22)13(23)14-19-5-6-20-14/h1-2,5-6,9-10,13,23H,3-4,7-8H2,(H,19,20). The van der Waals surface area contributed by atoms with Crippen molar-refractivity contribution in [2.75, 3.05) is 18.0 Å². The lowest BCUT2D eigenvalue weighted by molar-refractivity contribution is -0.137. The molecule has 23 heavy (non-hydrogen) atoms. The molecular formula is C15H17F3N4O. The van der Waals surface area contributed by atoms with Gasteiger partial charge in [0.15, 0.2) is 0 Å². The van der Waals surface area contributed by atoms with Crippen LogP contribution >= 0.6 is 0 Å². The van der Waals surface area contributed by atoms with Gasteiger partial charge in [-0.15, -0.1) is 0 Å². The molecule has 3 heterocycles. The number of H-pyrrole nitrogens is 1. The summed E-state index contributed by atoms with van der Waals surface area (Å²) < 4.78 is 37.6. The topological polar surface area (TPSA) is 65.0 Å². The number of anilines is 1. The number of rotatable bonds is 3. The Morgan fingerprint density at radius 3 is 2.48 bits per heavy atom. The number of aromatic amines is 1. The fourth-order valence-corrected chi connectivity index (χ4v) is 2.85. The van der Waals surface area contributed by atoms with Crippen LogP contribution in [0.15, 0.2) is 30.7 Å². The zero-order valence-corrected chi connectivity index (χ0v) is 12.3. The average molecular weight is 326 g/mol. The summed E-state index contributed by atoms with van der Waals surface area (Å²) in [6, 6.07) is 2.44. The number of hydrogen-bond donors (Lipinski definition) is 2. The summed E-state index contributed by atoms with van der Waals surface area (Å²) in [5.41, 5.74) is -0.746. The van der Waals surface area contributed by atoms with E-state index in [1.54, 1.807) is 12.4 Å². The Kier molecular flexibility index (Phi) is 4.25. The van der Waals surface area contributed by atoms with E-state index < -0.39 is 17.8 Å². The zero-order valence-electron chi connectivity index (χ0n) is 12.3. The van der Waals surface area contributed by atoms with Gasteiger partial charge in [-0.3, -0.25) is 0 Å². The van der Waals surface area contributed by atoms with Crippen LogP contribution in [0.1, 0.15) is 30.3 Å². The van der Waals surface area contributed by atoms with Gasteiger partial charge in [-0.2, -0.15) is 13.2 Å². The van der Waals surface area contributed by atoms with E-state index in [1.807, 2.05) is 4.90 Å². The number of pyridine rings is 1. The van der Waals surface area contributed by atoms with Crippen molar-refractivity contribution in [2.24, 2.45) is 5.92 Å². The molecule has 5 nitrogen and oxygen atoms in total. The summed E-state index contributed by atoms with van der Waals surface area (Å²) >= 11 is 0. The third-order valence-electron chi connectivity index (χ3n) is 4.18. The van der Waals surface area contributed by atoms with Crippen LogP contribution in [0.25, 0.3) is 0 Å². The second kappa shape index (κ2) is 6.19. The Bertz CT molecular complexity index is 619. The van der Waals surface area contributed by atoms with E-state index in [0.29, 0.717) is 24.7 Å². The maximum Gasteiger partial charge on any atom is 0.417 e. The molecule has 1 fully saturated rings. The van der Waals surface area contributed by atoms with Gasteiger partial charge in [0.25, 0.3) is 0 Å². The Morgan fingerprint density at radius 1 is 1.22 bits per heavy atom. The second-order valence-electron chi connectivity index (χ2n) is 5.65. The molecule has 0 aromatic carbocycles. The molecule has 8 heteroatoms. The monoisotopic (exact) mass is 326 g/mol. The number of hydrogen-bond acceptors (Lipinski definition) is 4. The maximum absolute atomic E-state index is 12.5. The summed E-state index contributed by atoms with van der Waals surface area (Å²) in [5, 5.41) is 10.3. The van der Waals surface area contributed by atoms with Gasteiger partial charge in [-0.05, 0) is 30.9 Å². The van der Waals surface area contributed by atoms with E-state index in [1.165, 1.54) is 6.07 Å². The van der Waals surface area contributed by atoms with Crippen LogP contribution in [0.5, 0.6) is 0 Å². The number of imidazole rings is 1. The molecule has 1 atom stereocenters. The van der Waals surface area contributed by atoms with Gasteiger partial charge in [-0.25, -0.2) is 9.97 Å². The van der Waals surface area contributed by atoms with Gasteiger partial charge in [-0.1, -0.05) is 0 Å². The highest BCUT2D eigenvalue weighted by molar-refractivity contribution is 5.40. The molecule has 0 bridgehead atoms. The molecule has 124 valence electrons. The van der Waals surface area contributed by atoms with Gasteiger partial charge < -0.3 is 15.0 Å². The van der Waals surface area contributed by atoms with Crippen LogP contribution in [0, 0.1) is 5.92 Å². The molecule has 0 radical (unpaired) electrons. The summed E-state index contributed by atoms with van der Waals surface area (Å²) in [6.45, 7) is 1.28. The SMILES string of the molecule is OC(c1ncc[nH]1)C1CCN(c2ccc(C(F)(F)F)cn2)CC1. The predicted molar refractivity (Wildman–Crippen MR) is 77.7 cm³/mol. The first kappa shape index (κ1) is 15.8. The molecule has 3 rings (SSSR count). The molecule has 0 saturated carbocycles. The summed E-state index contributed by atoms with van der Waals surface area (Å²) in [7, 11) is 0. The van der Waals surface area contributed by atoms with Crippen LogP contribution < -0.4 is 4.90 Å². The minimum Gasteiger partial charge on any atom is -0.385 e. The average Bonchev–Trinajstić information content (AvgIpc) is 3.08. The first-order valence-electron chi connectivity index (χ1n) is 7.40. The van der Waals surface area contributed by atoms with Crippen molar-refractivity contribution in [3.05, 3.63) is 42.1 Å². The molecule has 2 aromatic rings. The van der Waals surface area contributed by atoms with E-state index in [-0.39, 0.29) is 5.92 Å². The van der Waals surface area contributed by atoms with Crippen molar-refractivity contribution in [1.82, 2.24) is 15.0 Å². The highest BCUT2D eigenvalue weighted by Gasteiger charge is 2.32. The van der Waals surface area contributed by atoms with Crippen molar-refractivity contribution in [3.8, 4) is 0 Å². The number of nitrogens with one attached hydrogen (secondary N) is 1. The molecule has 1 aliphatic rings. The fraction of sp³-hybridized carbons (Fsp3) is 0.467. The fourth-order valence-electron chi connectivity index (χ4n) is 2.85. The molecular weight excluding hydrogens is 309 g/mol. The minimum atomic E-state index is -4.37. The van der Waals surface area contributed by atoms with Gasteiger partial charge in [0, 0.05) is 31.7 Å². The zero-order chi connectivity index (χ0) is 16.4. The first-order chi connectivity index (χ1) is 10.9. The summed E-state index contributed by atoms with van der Waals surface area (Å²) in [4.78, 5) is 12.8. The Hall–Kier alpha value is -2.09. The lowest BCUT2D eigenvalue weighted by Crippen LogP contribution is -2.36. The smallest absolute Gasteiger partial charge is 0.385 e. The van der Waals surface area contributed by atoms with Crippen molar-refractivity contribution in [2.45, 2.75) is 25.1 Å². The lowest BCUT2D eigenvalue weighted by Gasteiger charge is -2.34. The highest BCUT2D eigenvalue weighted by Crippen LogP contribution is 2.32. The molecule has 0 amide bonds. The van der Waals surface area contributed by atoms with Crippen LogP contribution in [-0.2, 0) is 6.18 Å². The van der Waals surface area contributed by atoms with E-state index in [0.717, 1.165) is 25.1 Å². The summed E-state index contributed by atoms with van der Waals surface area (Å²) in [5.74, 6) is 1.16. The van der Waals surface area contributed by atoms with Crippen LogP contribution in [0.2, 0.25) is 0 Å². The number of aliphatic hydroxyl groups excluding tert-OH is 1. The molecule has 1 aliphatic heterocycles. The summed E-state index contributed by atoms with van der Waals surface area (Å²) in [6.07, 6.45) is 0.562. The lowest BCUT2D eigenvalue weighted by atomic mass is 9.91. The number of nitrogens with zero attached hydrogens (tertiary/aromatic N) is 3. The number of piperidine rings is 1.